The van der Waals surface area contributed by atoms with Crippen LogP contribution in [0.5, 0.6) is 0 Å². The molecule has 2 aromatic rings. The molecule has 1 unspecified atom stereocenters. The molecule has 27 heavy (non-hydrogen) atoms. The predicted molar refractivity (Wildman–Crippen MR) is 113 cm³/mol. The number of aromatic nitrogens is 3. The molecule has 2 N–H and O–H groups in total. The molecule has 1 fully saturated rings. The fourth-order valence-electron chi connectivity index (χ4n) is 3.18. The Bertz CT molecular complexity index is 771. The van der Waals surface area contributed by atoms with Crippen molar-refractivity contribution in [3.8, 4) is 0 Å². The van der Waals surface area contributed by atoms with E-state index in [0.29, 0.717) is 12.6 Å². The van der Waals surface area contributed by atoms with Crippen LogP contribution < -0.4 is 15.5 Å². The van der Waals surface area contributed by atoms with Crippen molar-refractivity contribution in [1.29, 1.82) is 0 Å². The normalized spacial score (nSPS) is 18.6. The van der Waals surface area contributed by atoms with Gasteiger partial charge in [0.05, 0.1) is 24.1 Å². The maximum atomic E-state index is 4.74. The highest BCUT2D eigenvalue weighted by Gasteiger charge is 2.22. The van der Waals surface area contributed by atoms with Crippen LogP contribution in [-0.2, 0) is 19.0 Å². The summed E-state index contributed by atoms with van der Waals surface area (Å²) in [6.07, 6.45) is 6.31. The smallest absolute Gasteiger partial charge is 0.191 e. The molecule has 1 atom stereocenters. The van der Waals surface area contributed by atoms with Crippen molar-refractivity contribution >= 4 is 23.0 Å². The summed E-state index contributed by atoms with van der Waals surface area (Å²) in [5, 5.41) is 14.5. The highest BCUT2D eigenvalue weighted by Crippen LogP contribution is 2.23. The zero-order valence-electron chi connectivity index (χ0n) is 17.0. The number of rotatable bonds is 4. The van der Waals surface area contributed by atoms with Gasteiger partial charge in [-0.2, -0.15) is 5.10 Å². The minimum absolute atomic E-state index is 0.0898. The second kappa shape index (κ2) is 8.29. The van der Waals surface area contributed by atoms with E-state index < -0.39 is 0 Å². The van der Waals surface area contributed by atoms with Crippen LogP contribution in [-0.4, -0.2) is 46.9 Å². The number of nitrogens with one attached hydrogen (secondary N) is 2. The van der Waals surface area contributed by atoms with Gasteiger partial charge in [-0.15, -0.1) is 11.3 Å². The lowest BCUT2D eigenvalue weighted by Gasteiger charge is -2.34. The van der Waals surface area contributed by atoms with Crippen molar-refractivity contribution < 1.29 is 0 Å². The number of piperidine rings is 1. The maximum Gasteiger partial charge on any atom is 0.191 e. The molecule has 0 radical (unpaired) electrons. The molecule has 148 valence electrons. The van der Waals surface area contributed by atoms with Gasteiger partial charge in [0, 0.05) is 50.2 Å². The number of thiazole rings is 1. The monoisotopic (exact) mass is 389 g/mol. The molecule has 0 spiro atoms. The molecule has 0 amide bonds. The highest BCUT2D eigenvalue weighted by atomic mass is 32.1. The summed E-state index contributed by atoms with van der Waals surface area (Å²) in [5.41, 5.74) is 2.42. The zero-order valence-corrected chi connectivity index (χ0v) is 17.8. The van der Waals surface area contributed by atoms with Crippen molar-refractivity contribution in [2.24, 2.45) is 12.0 Å². The van der Waals surface area contributed by atoms with Gasteiger partial charge < -0.3 is 15.5 Å². The maximum absolute atomic E-state index is 4.74. The van der Waals surface area contributed by atoms with E-state index in [-0.39, 0.29) is 5.41 Å². The van der Waals surface area contributed by atoms with Gasteiger partial charge >= 0.3 is 0 Å². The molecule has 0 aliphatic carbocycles. The lowest BCUT2D eigenvalue weighted by molar-refractivity contribution is 0.468. The molecule has 0 bridgehead atoms. The quantitative estimate of drug-likeness (QED) is 0.621. The van der Waals surface area contributed by atoms with Crippen LogP contribution in [0.3, 0.4) is 0 Å². The SMILES string of the molecule is CN=C(NCc1nc(C(C)(C)C)cs1)NC1CCCN(c2cnn(C)c2)C1. The van der Waals surface area contributed by atoms with Gasteiger partial charge in [-0.1, -0.05) is 20.8 Å². The third-order valence-corrected chi connectivity index (χ3v) is 5.62. The molecule has 0 saturated carbocycles. The summed E-state index contributed by atoms with van der Waals surface area (Å²) >= 11 is 1.70. The van der Waals surface area contributed by atoms with Gasteiger partial charge in [0.15, 0.2) is 5.96 Å². The molecule has 0 aromatic carbocycles. The second-order valence-electron chi connectivity index (χ2n) is 8.10. The molecular formula is C19H31N7S. The Kier molecular flexibility index (Phi) is 6.04. The Balaban J connectivity index is 1.53. The van der Waals surface area contributed by atoms with Crippen LogP contribution in [0.4, 0.5) is 5.69 Å². The van der Waals surface area contributed by atoms with Crippen LogP contribution in [0, 0.1) is 0 Å². The first-order valence-electron chi connectivity index (χ1n) is 9.51. The van der Waals surface area contributed by atoms with Gasteiger partial charge in [0.25, 0.3) is 0 Å². The van der Waals surface area contributed by atoms with Gasteiger partial charge in [-0.3, -0.25) is 9.67 Å². The van der Waals surface area contributed by atoms with Crippen molar-refractivity contribution in [1.82, 2.24) is 25.4 Å². The summed E-state index contributed by atoms with van der Waals surface area (Å²) in [7, 11) is 3.78. The number of aryl methyl sites for hydroxylation is 1. The van der Waals surface area contributed by atoms with E-state index in [1.54, 1.807) is 11.3 Å². The average molecular weight is 390 g/mol. The van der Waals surface area contributed by atoms with Crippen LogP contribution in [0.15, 0.2) is 22.8 Å². The lowest BCUT2D eigenvalue weighted by atomic mass is 9.93. The van der Waals surface area contributed by atoms with E-state index in [9.17, 15) is 0 Å². The largest absolute Gasteiger partial charge is 0.367 e. The summed E-state index contributed by atoms with van der Waals surface area (Å²) in [6.45, 7) is 9.30. The first-order chi connectivity index (χ1) is 12.8. The number of nitrogens with zero attached hydrogens (tertiary/aromatic N) is 5. The molecule has 1 saturated heterocycles. The van der Waals surface area contributed by atoms with Crippen LogP contribution in [0.2, 0.25) is 0 Å². The van der Waals surface area contributed by atoms with E-state index in [1.807, 2.05) is 25.0 Å². The Morgan fingerprint density at radius 1 is 1.41 bits per heavy atom. The third-order valence-electron chi connectivity index (χ3n) is 4.77. The van der Waals surface area contributed by atoms with Crippen LogP contribution in [0.1, 0.15) is 44.3 Å². The Labute approximate surface area is 165 Å². The number of aliphatic imine (C=N–C) groups is 1. The highest BCUT2D eigenvalue weighted by molar-refractivity contribution is 7.09. The molecular weight excluding hydrogens is 358 g/mol. The fraction of sp³-hybridized carbons (Fsp3) is 0.632. The Morgan fingerprint density at radius 3 is 2.85 bits per heavy atom. The van der Waals surface area contributed by atoms with E-state index >= 15 is 0 Å². The number of hydrogen-bond donors (Lipinski definition) is 2. The number of anilines is 1. The van der Waals surface area contributed by atoms with Gasteiger partial charge in [0.1, 0.15) is 5.01 Å². The van der Waals surface area contributed by atoms with E-state index in [1.165, 1.54) is 5.69 Å². The molecule has 1 aliphatic heterocycles. The molecule has 1 aliphatic rings. The lowest BCUT2D eigenvalue weighted by Crippen LogP contribution is -2.51. The van der Waals surface area contributed by atoms with Crippen LogP contribution in [0.25, 0.3) is 0 Å². The summed E-state index contributed by atoms with van der Waals surface area (Å²) < 4.78 is 1.85. The van der Waals surface area contributed by atoms with Crippen molar-refractivity contribution in [3.63, 3.8) is 0 Å². The fourth-order valence-corrected chi connectivity index (χ4v) is 4.15. The van der Waals surface area contributed by atoms with E-state index in [4.69, 9.17) is 4.98 Å². The second-order valence-corrected chi connectivity index (χ2v) is 9.05. The molecule has 7 nitrogen and oxygen atoms in total. The topological polar surface area (TPSA) is 70.4 Å². The zero-order chi connectivity index (χ0) is 19.4. The summed E-state index contributed by atoms with van der Waals surface area (Å²) in [4.78, 5) is 11.5. The summed E-state index contributed by atoms with van der Waals surface area (Å²) in [5.74, 6) is 0.834. The standard InChI is InChI=1S/C19H31N7S/c1-19(2,3)16-13-27-17(24-16)10-21-18(20-4)23-14-7-6-8-26(11-14)15-9-22-25(5)12-15/h9,12-14H,6-8,10-11H2,1-5H3,(H2,20,21,23). The molecule has 3 rings (SSSR count). The van der Waals surface area contributed by atoms with Crippen LogP contribution >= 0.6 is 11.3 Å². The Morgan fingerprint density at radius 2 is 2.22 bits per heavy atom. The van der Waals surface area contributed by atoms with E-state index in [0.717, 1.165) is 42.6 Å². The first kappa shape index (κ1) is 19.7. The Hall–Kier alpha value is -2.09. The van der Waals surface area contributed by atoms with Crippen molar-refractivity contribution in [2.75, 3.05) is 25.0 Å². The van der Waals surface area contributed by atoms with Crippen molar-refractivity contribution in [2.45, 2.75) is 51.6 Å². The minimum atomic E-state index is 0.0898. The number of guanidine groups is 1. The number of hydrogen-bond acceptors (Lipinski definition) is 5. The predicted octanol–water partition coefficient (Wildman–Crippen LogP) is 2.51. The average Bonchev–Trinajstić information content (AvgIpc) is 3.27. The molecule has 8 heteroatoms. The molecule has 3 heterocycles. The van der Waals surface area contributed by atoms with Gasteiger partial charge in [-0.05, 0) is 12.8 Å². The summed E-state index contributed by atoms with van der Waals surface area (Å²) in [6, 6.07) is 0.367. The third kappa shape index (κ3) is 5.22. The van der Waals surface area contributed by atoms with Gasteiger partial charge in [-0.25, -0.2) is 4.98 Å². The minimum Gasteiger partial charge on any atom is -0.367 e. The molecule has 2 aromatic heterocycles. The van der Waals surface area contributed by atoms with Crippen molar-refractivity contribution in [3.05, 3.63) is 28.5 Å². The van der Waals surface area contributed by atoms with Gasteiger partial charge in [0.2, 0.25) is 0 Å². The van der Waals surface area contributed by atoms with E-state index in [2.05, 4.69) is 58.0 Å². The first-order valence-corrected chi connectivity index (χ1v) is 10.4.